The molecule has 0 unspecified atom stereocenters. The molecule has 3 aromatic rings. The van der Waals surface area contributed by atoms with Crippen LogP contribution in [0.1, 0.15) is 6.92 Å². The Morgan fingerprint density at radius 2 is 1.44 bits per heavy atom. The predicted octanol–water partition coefficient (Wildman–Crippen LogP) is -1.08. The van der Waals surface area contributed by atoms with Crippen LogP contribution in [-0.2, 0) is 14.2 Å². The van der Waals surface area contributed by atoms with E-state index in [9.17, 15) is 45.6 Å². The maximum absolute atomic E-state index is 13.0. The second-order valence-electron chi connectivity index (χ2n) is 10.6. The van der Waals surface area contributed by atoms with E-state index in [2.05, 4.69) is 0 Å². The maximum atomic E-state index is 13.0. The summed E-state index contributed by atoms with van der Waals surface area (Å²) < 4.78 is 38.5. The Hall–Kier alpha value is -3.71. The summed E-state index contributed by atoms with van der Waals surface area (Å²) in [5.41, 5.74) is -0.464. The average Bonchev–Trinajstić information content (AvgIpc) is 3.01. The van der Waals surface area contributed by atoms with Crippen molar-refractivity contribution in [3.63, 3.8) is 0 Å². The van der Waals surface area contributed by atoms with E-state index in [0.717, 1.165) is 12.1 Å². The summed E-state index contributed by atoms with van der Waals surface area (Å²) in [4.78, 5) is 13.0. The summed E-state index contributed by atoms with van der Waals surface area (Å²) in [7, 11) is 2.65. The lowest BCUT2D eigenvalue weighted by atomic mass is 9.97. The van der Waals surface area contributed by atoms with Crippen LogP contribution in [0, 0.1) is 0 Å². The van der Waals surface area contributed by atoms with Gasteiger partial charge in [-0.05, 0) is 19.1 Å². The van der Waals surface area contributed by atoms with Crippen molar-refractivity contribution < 1.29 is 73.7 Å². The minimum absolute atomic E-state index is 0.0180. The molecule has 45 heavy (non-hydrogen) atoms. The summed E-state index contributed by atoms with van der Waals surface area (Å²) in [6, 6.07) is 6.23. The lowest BCUT2D eigenvalue weighted by Crippen LogP contribution is -2.64. The highest BCUT2D eigenvalue weighted by molar-refractivity contribution is 5.86. The first-order valence-corrected chi connectivity index (χ1v) is 13.8. The summed E-state index contributed by atoms with van der Waals surface area (Å²) in [6.45, 7) is 0.674. The van der Waals surface area contributed by atoms with Gasteiger partial charge in [-0.2, -0.15) is 0 Å². The van der Waals surface area contributed by atoms with E-state index in [1.54, 1.807) is 0 Å². The molecule has 246 valence electrons. The highest BCUT2D eigenvalue weighted by Crippen LogP contribution is 2.41. The highest BCUT2D eigenvalue weighted by atomic mass is 16.7. The van der Waals surface area contributed by atoms with Crippen molar-refractivity contribution in [1.82, 2.24) is 0 Å². The quantitative estimate of drug-likeness (QED) is 0.146. The molecule has 2 fully saturated rings. The molecule has 0 saturated carbocycles. The zero-order chi connectivity index (χ0) is 32.7. The number of aromatic hydroxyl groups is 2. The first kappa shape index (κ1) is 32.7. The molecule has 0 radical (unpaired) electrons. The first-order chi connectivity index (χ1) is 21.4. The molecular weight excluding hydrogens is 604 g/mol. The van der Waals surface area contributed by atoms with Gasteiger partial charge in [0.15, 0.2) is 23.2 Å². The van der Waals surface area contributed by atoms with Gasteiger partial charge in [-0.1, -0.05) is 0 Å². The highest BCUT2D eigenvalue weighted by Gasteiger charge is 2.50. The Morgan fingerprint density at radius 3 is 2.07 bits per heavy atom. The van der Waals surface area contributed by atoms with Gasteiger partial charge in [-0.15, -0.1) is 0 Å². The maximum Gasteiger partial charge on any atom is 0.229 e. The average molecular weight is 639 g/mol. The molecule has 0 spiro atoms. The van der Waals surface area contributed by atoms with Crippen molar-refractivity contribution in [3.8, 4) is 40.1 Å². The van der Waals surface area contributed by atoms with Crippen molar-refractivity contribution in [2.24, 2.45) is 0 Å². The SMILES string of the molecule is COc1cc(-c2cc(=O)c3c(O)cc(O[C@@H]4O[C@H](CO)[C@@H](O[C@@H]5O[C@@H](C)[C@H](O)[C@@H](O)[C@H]5O)[C@H](O)[C@H]4O)cc3o2)cc(OC)c1O. The van der Waals surface area contributed by atoms with Crippen molar-refractivity contribution in [2.75, 3.05) is 20.8 Å². The molecular formula is C29H34O16. The molecule has 16 heteroatoms. The topological polar surface area (TPSA) is 247 Å². The largest absolute Gasteiger partial charge is 0.507 e. The van der Waals surface area contributed by atoms with Gasteiger partial charge in [0.25, 0.3) is 0 Å². The van der Waals surface area contributed by atoms with Crippen molar-refractivity contribution >= 4 is 11.0 Å². The van der Waals surface area contributed by atoms with Gasteiger partial charge in [0.2, 0.25) is 12.0 Å². The lowest BCUT2D eigenvalue weighted by Gasteiger charge is -2.45. The van der Waals surface area contributed by atoms with Gasteiger partial charge in [0.1, 0.15) is 71.0 Å². The molecule has 0 bridgehead atoms. The van der Waals surface area contributed by atoms with E-state index in [4.69, 9.17) is 32.8 Å². The first-order valence-electron chi connectivity index (χ1n) is 13.8. The van der Waals surface area contributed by atoms with Crippen LogP contribution in [0.2, 0.25) is 0 Å². The van der Waals surface area contributed by atoms with E-state index in [-0.39, 0.29) is 39.7 Å². The third-order valence-corrected chi connectivity index (χ3v) is 7.72. The molecule has 3 heterocycles. The van der Waals surface area contributed by atoms with E-state index >= 15 is 0 Å². The van der Waals surface area contributed by atoms with Gasteiger partial charge in [0, 0.05) is 23.8 Å². The number of hydrogen-bond donors (Lipinski definition) is 8. The number of phenolic OH excluding ortho intramolecular Hbond substituents is 2. The molecule has 0 aliphatic carbocycles. The second-order valence-corrected chi connectivity index (χ2v) is 10.6. The molecule has 2 saturated heterocycles. The molecule has 16 nitrogen and oxygen atoms in total. The number of ether oxygens (including phenoxy) is 6. The Kier molecular flexibility index (Phi) is 9.41. The van der Waals surface area contributed by atoms with Crippen LogP contribution in [0.5, 0.6) is 28.7 Å². The summed E-state index contributed by atoms with van der Waals surface area (Å²) in [5, 5.41) is 82.6. The Labute approximate surface area is 254 Å². The molecule has 2 aliphatic heterocycles. The number of phenols is 2. The van der Waals surface area contributed by atoms with Gasteiger partial charge >= 0.3 is 0 Å². The predicted molar refractivity (Wildman–Crippen MR) is 150 cm³/mol. The summed E-state index contributed by atoms with van der Waals surface area (Å²) >= 11 is 0. The number of methoxy groups -OCH3 is 2. The lowest BCUT2D eigenvalue weighted by molar-refractivity contribution is -0.349. The fourth-order valence-electron chi connectivity index (χ4n) is 5.22. The van der Waals surface area contributed by atoms with E-state index in [0.29, 0.717) is 5.56 Å². The minimum atomic E-state index is -1.82. The number of hydrogen-bond acceptors (Lipinski definition) is 16. The van der Waals surface area contributed by atoms with Gasteiger partial charge in [0.05, 0.1) is 26.9 Å². The van der Waals surface area contributed by atoms with Crippen molar-refractivity contribution in [3.05, 3.63) is 40.6 Å². The van der Waals surface area contributed by atoms with Crippen LogP contribution in [0.25, 0.3) is 22.3 Å². The zero-order valence-corrected chi connectivity index (χ0v) is 24.2. The van der Waals surface area contributed by atoms with Crippen LogP contribution in [0.3, 0.4) is 0 Å². The number of rotatable bonds is 8. The standard InChI is InChI=1S/C29H34O16/c1-10-21(33)23(35)25(37)28(41-10)45-27-19(9-30)44-29(26(38)24(27)36)42-12-6-13(31)20-14(32)8-15(43-16(20)7-12)11-4-17(39-2)22(34)18(5-11)40-3/h4-8,10,19,21,23-31,33-38H,9H2,1-3H3/t10-,19+,21-,23+,24+,25+,26+,27+,28-,29+/m0/s1. The second kappa shape index (κ2) is 13.0. The Morgan fingerprint density at radius 1 is 0.800 bits per heavy atom. The van der Waals surface area contributed by atoms with E-state index in [1.165, 1.54) is 39.3 Å². The van der Waals surface area contributed by atoms with Gasteiger partial charge in [-0.25, -0.2) is 0 Å². The van der Waals surface area contributed by atoms with Crippen LogP contribution < -0.4 is 19.6 Å². The fraction of sp³-hybridized carbons (Fsp3) is 0.483. The van der Waals surface area contributed by atoms with Crippen LogP contribution in [-0.4, -0.2) is 123 Å². The van der Waals surface area contributed by atoms with E-state index in [1.807, 2.05) is 0 Å². The molecule has 5 rings (SSSR count). The third-order valence-electron chi connectivity index (χ3n) is 7.72. The van der Waals surface area contributed by atoms with Crippen molar-refractivity contribution in [2.45, 2.75) is 68.3 Å². The number of fused-ring (bicyclic) bond motifs is 1. The third kappa shape index (κ3) is 6.11. The summed E-state index contributed by atoms with van der Waals surface area (Å²) in [6.07, 6.45) is -15.3. The minimum Gasteiger partial charge on any atom is -0.507 e. The van der Waals surface area contributed by atoms with Crippen LogP contribution in [0.4, 0.5) is 0 Å². The molecule has 8 N–H and O–H groups in total. The molecule has 10 atom stereocenters. The molecule has 2 aliphatic rings. The molecule has 2 aromatic carbocycles. The molecule has 1 aromatic heterocycles. The summed E-state index contributed by atoms with van der Waals surface area (Å²) in [5.74, 6) is -0.858. The van der Waals surface area contributed by atoms with Crippen LogP contribution >= 0.6 is 0 Å². The zero-order valence-electron chi connectivity index (χ0n) is 24.2. The van der Waals surface area contributed by atoms with E-state index < -0.39 is 79.2 Å². The fourth-order valence-corrected chi connectivity index (χ4v) is 5.22. The molecule has 0 amide bonds. The van der Waals surface area contributed by atoms with Gasteiger partial charge in [-0.3, -0.25) is 4.79 Å². The Balaban J connectivity index is 1.41. The number of aliphatic hydroxyl groups is 6. The Bertz CT molecular complexity index is 1550. The normalized spacial score (nSPS) is 31.9. The smallest absolute Gasteiger partial charge is 0.229 e. The van der Waals surface area contributed by atoms with Crippen molar-refractivity contribution in [1.29, 1.82) is 0 Å². The monoisotopic (exact) mass is 638 g/mol. The van der Waals surface area contributed by atoms with Crippen LogP contribution in [0.15, 0.2) is 39.5 Å². The number of aliphatic hydroxyl groups excluding tert-OH is 6. The number of benzene rings is 2. The van der Waals surface area contributed by atoms with Gasteiger partial charge < -0.3 is 73.7 Å².